The minimum Gasteiger partial charge on any atom is -0.493 e. The van der Waals surface area contributed by atoms with Gasteiger partial charge in [0.1, 0.15) is 5.75 Å². The first-order valence-electron chi connectivity index (χ1n) is 7.12. The normalized spacial score (nSPS) is 10.7. The van der Waals surface area contributed by atoms with Crippen LogP contribution in [0.1, 0.15) is 12.5 Å². The van der Waals surface area contributed by atoms with Crippen molar-refractivity contribution in [1.82, 2.24) is 4.98 Å². The molecule has 0 atom stereocenters. The lowest BCUT2D eigenvalue weighted by atomic mass is 10.0. The van der Waals surface area contributed by atoms with E-state index in [1.165, 1.54) is 0 Å². The van der Waals surface area contributed by atoms with E-state index in [1.807, 2.05) is 44.2 Å². The number of nitrogens with zero attached hydrogens (tertiary/aromatic N) is 1. The van der Waals surface area contributed by atoms with Gasteiger partial charge >= 0.3 is 0 Å². The highest BCUT2D eigenvalue weighted by molar-refractivity contribution is 7.08. The minimum atomic E-state index is 0.628. The molecule has 0 N–H and O–H groups in total. The monoisotopic (exact) mass is 329 g/mol. The zero-order valence-electron chi connectivity index (χ0n) is 12.5. The van der Waals surface area contributed by atoms with Crippen LogP contribution < -0.4 is 4.74 Å². The van der Waals surface area contributed by atoms with Crippen molar-refractivity contribution in [3.05, 3.63) is 57.7 Å². The van der Waals surface area contributed by atoms with E-state index in [0.29, 0.717) is 11.6 Å². The van der Waals surface area contributed by atoms with E-state index >= 15 is 0 Å². The number of halogens is 1. The van der Waals surface area contributed by atoms with Crippen molar-refractivity contribution in [2.24, 2.45) is 0 Å². The zero-order valence-corrected chi connectivity index (χ0v) is 14.0. The first-order valence-corrected chi connectivity index (χ1v) is 8.44. The fourth-order valence-corrected chi connectivity index (χ4v) is 3.21. The van der Waals surface area contributed by atoms with E-state index in [9.17, 15) is 0 Å². The molecule has 22 heavy (non-hydrogen) atoms. The van der Waals surface area contributed by atoms with Gasteiger partial charge in [0, 0.05) is 33.2 Å². The molecule has 3 rings (SSSR count). The first-order chi connectivity index (χ1) is 10.7. The standard InChI is InChI=1S/C18H16ClNOS/c1-3-21-17-10-16(14-7-8-22-11-14)20-18(12(17)2)13-5-4-6-15(19)9-13/h4-11H,3H2,1-2H3. The largest absolute Gasteiger partial charge is 0.493 e. The summed E-state index contributed by atoms with van der Waals surface area (Å²) in [6.07, 6.45) is 0. The van der Waals surface area contributed by atoms with Crippen molar-refractivity contribution in [2.75, 3.05) is 6.61 Å². The third kappa shape index (κ3) is 3.01. The van der Waals surface area contributed by atoms with Crippen molar-refractivity contribution >= 4 is 22.9 Å². The molecule has 0 amide bonds. The molecule has 0 fully saturated rings. The molecule has 4 heteroatoms. The number of thiophene rings is 1. The summed E-state index contributed by atoms with van der Waals surface area (Å²) in [5.74, 6) is 0.869. The van der Waals surface area contributed by atoms with Crippen LogP contribution >= 0.6 is 22.9 Å². The molecule has 0 saturated heterocycles. The maximum Gasteiger partial charge on any atom is 0.126 e. The molecule has 0 aliphatic rings. The molecule has 0 bridgehead atoms. The van der Waals surface area contributed by atoms with Gasteiger partial charge in [-0.1, -0.05) is 23.7 Å². The van der Waals surface area contributed by atoms with E-state index in [4.69, 9.17) is 21.3 Å². The molecule has 0 spiro atoms. The number of ether oxygens (including phenoxy) is 1. The van der Waals surface area contributed by atoms with Crippen LogP contribution in [0.3, 0.4) is 0 Å². The second kappa shape index (κ2) is 6.51. The predicted molar refractivity (Wildman–Crippen MR) is 93.9 cm³/mol. The fraction of sp³-hybridized carbons (Fsp3) is 0.167. The van der Waals surface area contributed by atoms with Gasteiger partial charge in [0.2, 0.25) is 0 Å². The molecule has 2 heterocycles. The highest BCUT2D eigenvalue weighted by Gasteiger charge is 2.13. The Kier molecular flexibility index (Phi) is 4.46. The quantitative estimate of drug-likeness (QED) is 0.600. The Morgan fingerprint density at radius 3 is 2.73 bits per heavy atom. The average Bonchev–Trinajstić information content (AvgIpc) is 3.04. The topological polar surface area (TPSA) is 22.1 Å². The van der Waals surface area contributed by atoms with Gasteiger partial charge in [-0.3, -0.25) is 0 Å². The highest BCUT2D eigenvalue weighted by atomic mass is 35.5. The Balaban J connectivity index is 2.19. The summed E-state index contributed by atoms with van der Waals surface area (Å²) in [6, 6.07) is 11.8. The molecule has 3 aromatic rings. The molecule has 112 valence electrons. The van der Waals surface area contributed by atoms with E-state index in [0.717, 1.165) is 33.8 Å². The number of hydrogen-bond donors (Lipinski definition) is 0. The van der Waals surface area contributed by atoms with Crippen LogP contribution in [0.2, 0.25) is 5.02 Å². The molecule has 2 nitrogen and oxygen atoms in total. The SMILES string of the molecule is CCOc1cc(-c2ccsc2)nc(-c2cccc(Cl)c2)c1C. The number of pyridine rings is 1. The van der Waals surface area contributed by atoms with Crippen LogP contribution in [0.5, 0.6) is 5.75 Å². The van der Waals surface area contributed by atoms with Crippen LogP contribution in [0, 0.1) is 6.92 Å². The Morgan fingerprint density at radius 1 is 1.18 bits per heavy atom. The van der Waals surface area contributed by atoms with Gasteiger partial charge in [0.05, 0.1) is 18.0 Å². The summed E-state index contributed by atoms with van der Waals surface area (Å²) in [6.45, 7) is 4.65. The van der Waals surface area contributed by atoms with Gasteiger partial charge in [0.25, 0.3) is 0 Å². The van der Waals surface area contributed by atoms with Gasteiger partial charge in [-0.05, 0) is 37.4 Å². The predicted octanol–water partition coefficient (Wildman–Crippen LogP) is 5.84. The number of aromatic nitrogens is 1. The van der Waals surface area contributed by atoms with Gasteiger partial charge in [0.15, 0.2) is 0 Å². The summed E-state index contributed by atoms with van der Waals surface area (Å²) in [5, 5.41) is 4.85. The molecule has 2 aromatic heterocycles. The Bertz CT molecular complexity index is 784. The fourth-order valence-electron chi connectivity index (χ4n) is 2.37. The van der Waals surface area contributed by atoms with Crippen LogP contribution in [-0.2, 0) is 0 Å². The summed E-state index contributed by atoms with van der Waals surface area (Å²) in [7, 11) is 0. The lowest BCUT2D eigenvalue weighted by Crippen LogP contribution is -1.99. The molecule has 0 saturated carbocycles. The van der Waals surface area contributed by atoms with Crippen molar-refractivity contribution in [3.8, 4) is 28.3 Å². The Labute approximate surface area is 139 Å². The maximum atomic E-state index is 6.13. The lowest BCUT2D eigenvalue weighted by molar-refractivity contribution is 0.338. The lowest BCUT2D eigenvalue weighted by Gasteiger charge is -2.14. The van der Waals surface area contributed by atoms with E-state index in [-0.39, 0.29) is 0 Å². The molecule has 0 radical (unpaired) electrons. The molecular weight excluding hydrogens is 314 g/mol. The van der Waals surface area contributed by atoms with Crippen molar-refractivity contribution in [2.45, 2.75) is 13.8 Å². The van der Waals surface area contributed by atoms with Crippen molar-refractivity contribution in [3.63, 3.8) is 0 Å². The van der Waals surface area contributed by atoms with Crippen LogP contribution in [0.25, 0.3) is 22.5 Å². The molecule has 1 aromatic carbocycles. The number of hydrogen-bond acceptors (Lipinski definition) is 3. The smallest absolute Gasteiger partial charge is 0.126 e. The van der Waals surface area contributed by atoms with E-state index in [2.05, 4.69) is 16.8 Å². The third-order valence-corrected chi connectivity index (χ3v) is 4.36. The maximum absolute atomic E-state index is 6.13. The summed E-state index contributed by atoms with van der Waals surface area (Å²) in [4.78, 5) is 4.84. The second-order valence-electron chi connectivity index (χ2n) is 4.93. The summed E-state index contributed by atoms with van der Waals surface area (Å²) in [5.41, 5.74) is 4.97. The summed E-state index contributed by atoms with van der Waals surface area (Å²) < 4.78 is 5.80. The van der Waals surface area contributed by atoms with Crippen LogP contribution in [-0.4, -0.2) is 11.6 Å². The van der Waals surface area contributed by atoms with Crippen molar-refractivity contribution in [1.29, 1.82) is 0 Å². The van der Waals surface area contributed by atoms with E-state index in [1.54, 1.807) is 11.3 Å². The van der Waals surface area contributed by atoms with Gasteiger partial charge in [-0.25, -0.2) is 4.98 Å². The number of benzene rings is 1. The third-order valence-electron chi connectivity index (χ3n) is 3.44. The second-order valence-corrected chi connectivity index (χ2v) is 6.15. The van der Waals surface area contributed by atoms with Crippen LogP contribution in [0.4, 0.5) is 0 Å². The van der Waals surface area contributed by atoms with Crippen molar-refractivity contribution < 1.29 is 4.74 Å². The minimum absolute atomic E-state index is 0.628. The zero-order chi connectivity index (χ0) is 15.5. The highest BCUT2D eigenvalue weighted by Crippen LogP contribution is 2.34. The number of rotatable bonds is 4. The average molecular weight is 330 g/mol. The Morgan fingerprint density at radius 2 is 2.05 bits per heavy atom. The van der Waals surface area contributed by atoms with Crippen LogP contribution in [0.15, 0.2) is 47.2 Å². The molecule has 0 aliphatic carbocycles. The molecule has 0 unspecified atom stereocenters. The summed E-state index contributed by atoms with van der Waals surface area (Å²) >= 11 is 7.79. The van der Waals surface area contributed by atoms with Gasteiger partial charge in [-0.2, -0.15) is 11.3 Å². The Hall–Kier alpha value is -1.84. The molecule has 0 aliphatic heterocycles. The first kappa shape index (κ1) is 15.1. The van der Waals surface area contributed by atoms with E-state index < -0.39 is 0 Å². The van der Waals surface area contributed by atoms with Gasteiger partial charge < -0.3 is 4.74 Å². The van der Waals surface area contributed by atoms with Gasteiger partial charge in [-0.15, -0.1) is 0 Å². The molecular formula is C18H16ClNOS.